The largest absolute Gasteiger partial charge is 0.481 e. The molecule has 1 aromatic rings. The van der Waals surface area contributed by atoms with Crippen LogP contribution < -0.4 is 0 Å². The molecule has 1 aromatic heterocycles. The Morgan fingerprint density at radius 2 is 2.46 bits per heavy atom. The van der Waals surface area contributed by atoms with Gasteiger partial charge in [-0.1, -0.05) is 6.07 Å². The van der Waals surface area contributed by atoms with Crippen LogP contribution in [-0.2, 0) is 11.2 Å². The van der Waals surface area contributed by atoms with Crippen LogP contribution in [-0.4, -0.2) is 16.3 Å². The maximum atomic E-state index is 10.3. The van der Waals surface area contributed by atoms with Crippen LogP contribution in [0.15, 0.2) is 17.5 Å². The smallest absolute Gasteiger partial charge is 0.304 e. The molecule has 0 bridgehead atoms. The van der Waals surface area contributed by atoms with Gasteiger partial charge in [-0.05, 0) is 24.3 Å². The van der Waals surface area contributed by atoms with E-state index >= 15 is 0 Å². The second-order valence-corrected chi connectivity index (χ2v) is 4.63. The fourth-order valence-corrected chi connectivity index (χ4v) is 2.08. The molecule has 0 saturated carbocycles. The molecule has 1 rings (SSSR count). The highest BCUT2D eigenvalue weighted by molar-refractivity contribution is 7.81. The van der Waals surface area contributed by atoms with Gasteiger partial charge in [0.05, 0.1) is 6.42 Å². The average molecular weight is 216 g/mol. The Labute approximate surface area is 87.0 Å². The van der Waals surface area contributed by atoms with E-state index < -0.39 is 5.97 Å². The topological polar surface area (TPSA) is 37.3 Å². The summed E-state index contributed by atoms with van der Waals surface area (Å²) >= 11 is 5.91. The second kappa shape index (κ2) is 5.29. The van der Waals surface area contributed by atoms with Gasteiger partial charge in [-0.2, -0.15) is 12.6 Å². The van der Waals surface area contributed by atoms with Crippen molar-refractivity contribution in [3.63, 3.8) is 0 Å². The lowest BCUT2D eigenvalue weighted by Gasteiger charge is -2.05. The van der Waals surface area contributed by atoms with Gasteiger partial charge in [0.25, 0.3) is 0 Å². The molecular weight excluding hydrogens is 204 g/mol. The first-order valence-corrected chi connectivity index (χ1v) is 5.50. The minimum Gasteiger partial charge on any atom is -0.481 e. The highest BCUT2D eigenvalue weighted by Gasteiger charge is 2.08. The molecule has 4 heteroatoms. The minimum atomic E-state index is -0.772. The first-order valence-electron chi connectivity index (χ1n) is 4.10. The van der Waals surface area contributed by atoms with Crippen molar-refractivity contribution < 1.29 is 9.90 Å². The Bertz CT molecular complexity index is 257. The molecule has 0 saturated heterocycles. The first kappa shape index (κ1) is 10.6. The van der Waals surface area contributed by atoms with Crippen LogP contribution in [0.1, 0.15) is 17.7 Å². The number of carbonyl (C=O) groups is 1. The van der Waals surface area contributed by atoms with Crippen LogP contribution >= 0.6 is 24.0 Å². The second-order valence-electron chi connectivity index (χ2n) is 2.87. The Hall–Kier alpha value is -0.480. The predicted octanol–water partition coefficient (Wildman–Crippen LogP) is 2.45. The quantitative estimate of drug-likeness (QED) is 0.742. The van der Waals surface area contributed by atoms with Crippen LogP contribution in [0.2, 0.25) is 0 Å². The van der Waals surface area contributed by atoms with E-state index in [0.717, 1.165) is 12.8 Å². The lowest BCUT2D eigenvalue weighted by molar-refractivity contribution is -0.136. The van der Waals surface area contributed by atoms with Gasteiger partial charge in [-0.15, -0.1) is 11.3 Å². The molecule has 0 aliphatic rings. The van der Waals surface area contributed by atoms with Gasteiger partial charge in [0, 0.05) is 10.1 Å². The summed E-state index contributed by atoms with van der Waals surface area (Å²) in [5.41, 5.74) is 0. The third-order valence-electron chi connectivity index (χ3n) is 1.71. The molecular formula is C9H12O2S2. The fraction of sp³-hybridized carbons (Fsp3) is 0.444. The highest BCUT2D eigenvalue weighted by atomic mass is 32.1. The highest BCUT2D eigenvalue weighted by Crippen LogP contribution is 2.15. The summed E-state index contributed by atoms with van der Waals surface area (Å²) in [5, 5.41) is 10.5. The Balaban J connectivity index is 2.22. The summed E-state index contributed by atoms with van der Waals surface area (Å²) in [6, 6.07) is 4.07. The molecule has 0 aromatic carbocycles. The molecule has 2 nitrogen and oxygen atoms in total. The molecule has 0 amide bonds. The van der Waals surface area contributed by atoms with Gasteiger partial charge in [0.2, 0.25) is 0 Å². The van der Waals surface area contributed by atoms with Gasteiger partial charge < -0.3 is 5.11 Å². The number of carboxylic acids is 1. The van der Waals surface area contributed by atoms with Crippen molar-refractivity contribution >= 4 is 29.9 Å². The van der Waals surface area contributed by atoms with Crippen molar-refractivity contribution in [2.75, 3.05) is 0 Å². The number of thiol groups is 1. The van der Waals surface area contributed by atoms with E-state index in [1.54, 1.807) is 11.3 Å². The molecule has 1 atom stereocenters. The molecule has 0 aliphatic heterocycles. The number of hydrogen-bond acceptors (Lipinski definition) is 3. The Kier molecular flexibility index (Phi) is 4.32. The van der Waals surface area contributed by atoms with Crippen LogP contribution in [0.3, 0.4) is 0 Å². The lowest BCUT2D eigenvalue weighted by Crippen LogP contribution is -2.07. The van der Waals surface area contributed by atoms with Gasteiger partial charge in [-0.3, -0.25) is 4.79 Å². The third kappa shape index (κ3) is 4.33. The van der Waals surface area contributed by atoms with Crippen LogP contribution in [0, 0.1) is 0 Å². The number of carboxylic acid groups (broad SMARTS) is 1. The van der Waals surface area contributed by atoms with E-state index in [4.69, 9.17) is 5.11 Å². The summed E-state index contributed by atoms with van der Waals surface area (Å²) in [6.07, 6.45) is 1.91. The van der Waals surface area contributed by atoms with Crippen molar-refractivity contribution in [1.82, 2.24) is 0 Å². The van der Waals surface area contributed by atoms with Crippen LogP contribution in [0.4, 0.5) is 0 Å². The third-order valence-corrected chi connectivity index (χ3v) is 3.09. The number of hydrogen-bond donors (Lipinski definition) is 2. The minimum absolute atomic E-state index is 0.0281. The molecule has 1 unspecified atom stereocenters. The fourth-order valence-electron chi connectivity index (χ4n) is 1.07. The van der Waals surface area contributed by atoms with Crippen molar-refractivity contribution in [3.8, 4) is 0 Å². The summed E-state index contributed by atoms with van der Waals surface area (Å²) in [7, 11) is 0. The van der Waals surface area contributed by atoms with Crippen molar-refractivity contribution in [1.29, 1.82) is 0 Å². The first-order chi connectivity index (χ1) is 6.18. The maximum absolute atomic E-state index is 10.3. The van der Waals surface area contributed by atoms with Crippen molar-refractivity contribution in [2.45, 2.75) is 24.5 Å². The normalized spacial score (nSPS) is 12.7. The molecule has 72 valence electrons. The standard InChI is InChI=1S/C9H12O2S2/c10-9(11)6-7(12)3-4-8-2-1-5-13-8/h1-2,5,7,12H,3-4,6H2,(H,10,11). The predicted molar refractivity (Wildman–Crippen MR) is 57.7 cm³/mol. The van der Waals surface area contributed by atoms with Gasteiger partial charge in [-0.25, -0.2) is 0 Å². The summed E-state index contributed by atoms with van der Waals surface area (Å²) < 4.78 is 0. The summed E-state index contributed by atoms with van der Waals surface area (Å²) in [5.74, 6) is -0.772. The molecule has 1 heterocycles. The van der Waals surface area contributed by atoms with E-state index in [-0.39, 0.29) is 11.7 Å². The van der Waals surface area contributed by atoms with E-state index in [2.05, 4.69) is 18.7 Å². The van der Waals surface area contributed by atoms with Gasteiger partial charge in [0.15, 0.2) is 0 Å². The summed E-state index contributed by atoms with van der Waals surface area (Å²) in [4.78, 5) is 11.6. The molecule has 0 fully saturated rings. The Morgan fingerprint density at radius 3 is 3.00 bits per heavy atom. The zero-order chi connectivity index (χ0) is 9.68. The van der Waals surface area contributed by atoms with Crippen LogP contribution in [0.5, 0.6) is 0 Å². The van der Waals surface area contributed by atoms with E-state index in [1.807, 2.05) is 11.4 Å². The molecule has 13 heavy (non-hydrogen) atoms. The number of rotatable bonds is 5. The SMILES string of the molecule is O=C(O)CC(S)CCc1cccs1. The number of thiophene rings is 1. The van der Waals surface area contributed by atoms with Crippen LogP contribution in [0.25, 0.3) is 0 Å². The average Bonchev–Trinajstić information content (AvgIpc) is 2.51. The molecule has 1 N–H and O–H groups in total. The monoisotopic (exact) mass is 216 g/mol. The van der Waals surface area contributed by atoms with Crippen molar-refractivity contribution in [2.24, 2.45) is 0 Å². The van der Waals surface area contributed by atoms with Gasteiger partial charge in [0.1, 0.15) is 0 Å². The van der Waals surface area contributed by atoms with E-state index in [1.165, 1.54) is 4.88 Å². The zero-order valence-corrected chi connectivity index (χ0v) is 8.85. The van der Waals surface area contributed by atoms with Gasteiger partial charge >= 0.3 is 5.97 Å². The number of aryl methyl sites for hydroxylation is 1. The molecule has 0 radical (unpaired) electrons. The summed E-state index contributed by atoms with van der Waals surface area (Å²) in [6.45, 7) is 0. The molecule has 0 aliphatic carbocycles. The van der Waals surface area contributed by atoms with E-state index in [0.29, 0.717) is 0 Å². The van der Waals surface area contributed by atoms with Crippen molar-refractivity contribution in [3.05, 3.63) is 22.4 Å². The maximum Gasteiger partial charge on any atom is 0.304 e. The Morgan fingerprint density at radius 1 is 1.69 bits per heavy atom. The lowest BCUT2D eigenvalue weighted by atomic mass is 10.1. The van der Waals surface area contributed by atoms with E-state index in [9.17, 15) is 4.79 Å². The zero-order valence-electron chi connectivity index (χ0n) is 7.14. The molecule has 0 spiro atoms. The number of aliphatic carboxylic acids is 1.